The van der Waals surface area contributed by atoms with Crippen LogP contribution in [0, 0.1) is 0 Å². The van der Waals surface area contributed by atoms with E-state index in [0.29, 0.717) is 11.8 Å². The van der Waals surface area contributed by atoms with Crippen LogP contribution in [0.25, 0.3) is 0 Å². The van der Waals surface area contributed by atoms with E-state index in [2.05, 4.69) is 10.2 Å². The van der Waals surface area contributed by atoms with Crippen LogP contribution in [0.4, 0.5) is 5.69 Å². The van der Waals surface area contributed by atoms with Crippen LogP contribution < -0.4 is 10.2 Å². The zero-order chi connectivity index (χ0) is 10.7. The van der Waals surface area contributed by atoms with E-state index < -0.39 is 0 Å². The number of likely N-dealkylation sites (N-methyl/N-ethyl adjacent to an activating group) is 1. The molecule has 3 nitrogen and oxygen atoms in total. The lowest BCUT2D eigenvalue weighted by molar-refractivity contribution is 0.473. The summed E-state index contributed by atoms with van der Waals surface area (Å²) >= 11 is 0. The van der Waals surface area contributed by atoms with Crippen LogP contribution >= 0.6 is 0 Å². The van der Waals surface area contributed by atoms with Gasteiger partial charge in [-0.05, 0) is 31.5 Å². The van der Waals surface area contributed by atoms with Gasteiger partial charge in [-0.3, -0.25) is 0 Å². The van der Waals surface area contributed by atoms with Gasteiger partial charge in [0.2, 0.25) is 0 Å². The molecule has 0 bridgehead atoms. The Morgan fingerprint density at radius 2 is 2.27 bits per heavy atom. The molecule has 1 unspecified atom stereocenters. The molecule has 1 fully saturated rings. The Bertz CT molecular complexity index is 321. The molecular formula is C12H18N2O. The van der Waals surface area contributed by atoms with Crippen molar-refractivity contribution >= 4 is 5.69 Å². The summed E-state index contributed by atoms with van der Waals surface area (Å²) in [5, 5.41) is 13.1. The second-order valence-electron chi connectivity index (χ2n) is 4.16. The number of hydrogen-bond acceptors (Lipinski definition) is 3. The zero-order valence-corrected chi connectivity index (χ0v) is 9.11. The predicted molar refractivity (Wildman–Crippen MR) is 62.4 cm³/mol. The molecule has 0 aromatic heterocycles. The van der Waals surface area contributed by atoms with Crippen molar-refractivity contribution in [1.82, 2.24) is 5.32 Å². The molecule has 3 heteroatoms. The maximum Gasteiger partial charge on any atom is 0.138 e. The highest BCUT2D eigenvalue weighted by Gasteiger charge is 2.17. The number of benzene rings is 1. The highest BCUT2D eigenvalue weighted by molar-refractivity contribution is 5.57. The van der Waals surface area contributed by atoms with E-state index in [1.54, 1.807) is 6.07 Å². The van der Waals surface area contributed by atoms with Crippen LogP contribution in [0.5, 0.6) is 5.75 Å². The lowest BCUT2D eigenvalue weighted by Crippen LogP contribution is -2.35. The van der Waals surface area contributed by atoms with Gasteiger partial charge < -0.3 is 15.3 Å². The lowest BCUT2D eigenvalue weighted by Gasteiger charge is -2.23. The number of hydrogen-bond donors (Lipinski definition) is 2. The first-order valence-electron chi connectivity index (χ1n) is 5.50. The minimum atomic E-state index is 0.359. The Hall–Kier alpha value is -1.22. The fourth-order valence-corrected chi connectivity index (χ4v) is 2.13. The number of aromatic hydroxyl groups is 1. The highest BCUT2D eigenvalue weighted by Crippen LogP contribution is 2.25. The molecule has 82 valence electrons. The van der Waals surface area contributed by atoms with Crippen molar-refractivity contribution in [3.8, 4) is 5.75 Å². The molecule has 2 N–H and O–H groups in total. The highest BCUT2D eigenvalue weighted by atomic mass is 16.3. The molecule has 1 atom stereocenters. The van der Waals surface area contributed by atoms with Gasteiger partial charge in [-0.25, -0.2) is 0 Å². The first kappa shape index (κ1) is 10.3. The van der Waals surface area contributed by atoms with Gasteiger partial charge in [0.1, 0.15) is 5.75 Å². The largest absolute Gasteiger partial charge is 0.506 e. The number of anilines is 1. The molecule has 0 saturated carbocycles. The summed E-state index contributed by atoms with van der Waals surface area (Å²) in [6.45, 7) is 2.08. The summed E-state index contributed by atoms with van der Waals surface area (Å²) in [6.07, 6.45) is 2.50. The minimum Gasteiger partial charge on any atom is -0.506 e. The van der Waals surface area contributed by atoms with Crippen molar-refractivity contribution in [2.75, 3.05) is 25.0 Å². The van der Waals surface area contributed by atoms with Crippen molar-refractivity contribution in [3.63, 3.8) is 0 Å². The first-order chi connectivity index (χ1) is 7.27. The van der Waals surface area contributed by atoms with E-state index in [4.69, 9.17) is 0 Å². The van der Waals surface area contributed by atoms with Crippen molar-refractivity contribution in [2.24, 2.45) is 0 Å². The third kappa shape index (κ3) is 2.42. The molecule has 1 aromatic rings. The Labute approximate surface area is 90.7 Å². The average Bonchev–Trinajstić information content (AvgIpc) is 2.71. The molecular weight excluding hydrogens is 188 g/mol. The quantitative estimate of drug-likeness (QED) is 0.788. The normalized spacial score (nSPS) is 20.5. The number of phenolic OH excluding ortho intramolecular Hbond substituents is 1. The minimum absolute atomic E-state index is 0.359. The standard InChI is InChI=1S/C12H18N2O/c1-14(9-10-5-4-8-13-10)11-6-2-3-7-12(11)15/h2-3,6-7,10,13,15H,4-5,8-9H2,1H3. The molecule has 1 aromatic carbocycles. The Morgan fingerprint density at radius 3 is 2.93 bits per heavy atom. The van der Waals surface area contributed by atoms with E-state index in [1.165, 1.54) is 12.8 Å². The molecule has 15 heavy (non-hydrogen) atoms. The third-order valence-corrected chi connectivity index (χ3v) is 2.95. The number of phenols is 1. The summed E-state index contributed by atoms with van der Waals surface area (Å²) in [7, 11) is 2.02. The predicted octanol–water partition coefficient (Wildman–Crippen LogP) is 1.58. The number of nitrogens with zero attached hydrogens (tertiary/aromatic N) is 1. The fraction of sp³-hybridized carbons (Fsp3) is 0.500. The Morgan fingerprint density at radius 1 is 1.47 bits per heavy atom. The smallest absolute Gasteiger partial charge is 0.138 e. The zero-order valence-electron chi connectivity index (χ0n) is 9.11. The van der Waals surface area contributed by atoms with E-state index in [1.807, 2.05) is 25.2 Å². The first-order valence-corrected chi connectivity index (χ1v) is 5.50. The van der Waals surface area contributed by atoms with Gasteiger partial charge in [0.25, 0.3) is 0 Å². The second-order valence-corrected chi connectivity index (χ2v) is 4.16. The topological polar surface area (TPSA) is 35.5 Å². The molecule has 0 aliphatic carbocycles. The summed E-state index contributed by atoms with van der Waals surface area (Å²) in [4.78, 5) is 2.11. The summed E-state index contributed by atoms with van der Waals surface area (Å²) < 4.78 is 0. The van der Waals surface area contributed by atoms with Crippen LogP contribution in [-0.2, 0) is 0 Å². The third-order valence-electron chi connectivity index (χ3n) is 2.95. The van der Waals surface area contributed by atoms with E-state index in [-0.39, 0.29) is 0 Å². The maximum absolute atomic E-state index is 9.69. The summed E-state index contributed by atoms with van der Waals surface area (Å²) in [6, 6.07) is 8.04. The molecule has 1 aliphatic rings. The van der Waals surface area contributed by atoms with E-state index in [0.717, 1.165) is 18.8 Å². The maximum atomic E-state index is 9.69. The Balaban J connectivity index is 2.00. The number of para-hydroxylation sites is 2. The molecule has 0 spiro atoms. The number of rotatable bonds is 3. The fourth-order valence-electron chi connectivity index (χ4n) is 2.13. The molecule has 1 heterocycles. The average molecular weight is 206 g/mol. The van der Waals surface area contributed by atoms with Crippen LogP contribution in [0.3, 0.4) is 0 Å². The van der Waals surface area contributed by atoms with Gasteiger partial charge in [0.05, 0.1) is 5.69 Å². The van der Waals surface area contributed by atoms with Crippen molar-refractivity contribution in [3.05, 3.63) is 24.3 Å². The van der Waals surface area contributed by atoms with E-state index in [9.17, 15) is 5.11 Å². The van der Waals surface area contributed by atoms with Gasteiger partial charge in [-0.1, -0.05) is 12.1 Å². The van der Waals surface area contributed by atoms with Crippen molar-refractivity contribution in [1.29, 1.82) is 0 Å². The summed E-state index contributed by atoms with van der Waals surface area (Å²) in [5.41, 5.74) is 0.909. The molecule has 1 saturated heterocycles. The number of nitrogens with one attached hydrogen (secondary N) is 1. The molecule has 0 radical (unpaired) electrons. The van der Waals surface area contributed by atoms with Crippen LogP contribution in [0.15, 0.2) is 24.3 Å². The van der Waals surface area contributed by atoms with Gasteiger partial charge in [0, 0.05) is 19.6 Å². The van der Waals surface area contributed by atoms with E-state index >= 15 is 0 Å². The van der Waals surface area contributed by atoms with Gasteiger partial charge in [-0.2, -0.15) is 0 Å². The molecule has 0 amide bonds. The van der Waals surface area contributed by atoms with Gasteiger partial charge in [0.15, 0.2) is 0 Å². The van der Waals surface area contributed by atoms with Gasteiger partial charge in [-0.15, -0.1) is 0 Å². The lowest BCUT2D eigenvalue weighted by atomic mass is 10.2. The Kier molecular flexibility index (Phi) is 3.11. The van der Waals surface area contributed by atoms with Crippen LogP contribution in [0.1, 0.15) is 12.8 Å². The monoisotopic (exact) mass is 206 g/mol. The summed E-state index contributed by atoms with van der Waals surface area (Å²) in [5.74, 6) is 0.359. The SMILES string of the molecule is CN(CC1CCCN1)c1ccccc1O. The van der Waals surface area contributed by atoms with Crippen molar-refractivity contribution in [2.45, 2.75) is 18.9 Å². The van der Waals surface area contributed by atoms with Crippen molar-refractivity contribution < 1.29 is 5.11 Å². The molecule has 2 rings (SSSR count). The second kappa shape index (κ2) is 4.53. The van der Waals surface area contributed by atoms with Crippen LogP contribution in [-0.4, -0.2) is 31.3 Å². The molecule has 1 aliphatic heterocycles. The van der Waals surface area contributed by atoms with Crippen LogP contribution in [0.2, 0.25) is 0 Å². The van der Waals surface area contributed by atoms with Gasteiger partial charge >= 0.3 is 0 Å².